The summed E-state index contributed by atoms with van der Waals surface area (Å²) in [6, 6.07) is 10.4. The molecule has 1 heteroatoms. The first-order valence-corrected chi connectivity index (χ1v) is 8.70. The predicted molar refractivity (Wildman–Crippen MR) is 85.9 cm³/mol. The summed E-state index contributed by atoms with van der Waals surface area (Å²) in [4.78, 5) is 0. The smallest absolute Gasteiger partial charge is 0.0328 e. The van der Waals surface area contributed by atoms with Crippen molar-refractivity contribution in [1.29, 1.82) is 0 Å². The third-order valence-electron chi connectivity index (χ3n) is 5.36. The minimum absolute atomic E-state index is 0.624. The molecule has 0 aromatic heterocycles. The highest BCUT2D eigenvalue weighted by atomic mass is 15.0. The third kappa shape index (κ3) is 3.25. The zero-order valence-electron chi connectivity index (χ0n) is 12.9. The molecule has 1 fully saturated rings. The van der Waals surface area contributed by atoms with Crippen LogP contribution in [0.1, 0.15) is 75.5 Å². The summed E-state index contributed by atoms with van der Waals surface area (Å²) >= 11 is 0. The van der Waals surface area contributed by atoms with Crippen LogP contribution in [-0.2, 0) is 6.42 Å². The first kappa shape index (κ1) is 14.1. The zero-order valence-corrected chi connectivity index (χ0v) is 12.9. The molecule has 2 aliphatic carbocycles. The topological polar surface area (TPSA) is 12.0 Å². The summed E-state index contributed by atoms with van der Waals surface area (Å²) in [5.41, 5.74) is 3.14. The van der Waals surface area contributed by atoms with E-state index in [1.54, 1.807) is 11.1 Å². The van der Waals surface area contributed by atoms with Crippen molar-refractivity contribution in [3.8, 4) is 0 Å². The van der Waals surface area contributed by atoms with E-state index in [2.05, 4.69) is 36.5 Å². The van der Waals surface area contributed by atoms with Gasteiger partial charge in [0.25, 0.3) is 0 Å². The lowest BCUT2D eigenvalue weighted by Crippen LogP contribution is -2.31. The molecule has 0 bridgehead atoms. The van der Waals surface area contributed by atoms with Crippen molar-refractivity contribution < 1.29 is 0 Å². The molecule has 1 aromatic carbocycles. The fourth-order valence-corrected chi connectivity index (χ4v) is 4.26. The van der Waals surface area contributed by atoms with Gasteiger partial charge in [-0.3, -0.25) is 0 Å². The van der Waals surface area contributed by atoms with Crippen molar-refractivity contribution in [2.75, 3.05) is 0 Å². The van der Waals surface area contributed by atoms with Crippen molar-refractivity contribution in [3.63, 3.8) is 0 Å². The minimum atomic E-state index is 0.624. The number of fused-ring (bicyclic) bond motifs is 1. The van der Waals surface area contributed by atoms with E-state index in [0.29, 0.717) is 6.04 Å². The highest BCUT2D eigenvalue weighted by molar-refractivity contribution is 5.34. The second kappa shape index (κ2) is 6.76. The normalized spacial score (nSPS) is 29.9. The number of hydrogen-bond acceptors (Lipinski definition) is 1. The Kier molecular flexibility index (Phi) is 4.77. The van der Waals surface area contributed by atoms with Crippen molar-refractivity contribution in [1.82, 2.24) is 5.32 Å². The maximum Gasteiger partial charge on any atom is 0.0328 e. The number of aryl methyl sites for hydroxylation is 1. The van der Waals surface area contributed by atoms with Crippen LogP contribution in [0, 0.1) is 5.92 Å². The lowest BCUT2D eigenvalue weighted by atomic mass is 9.95. The first-order chi connectivity index (χ1) is 9.86. The zero-order chi connectivity index (χ0) is 13.8. The Hall–Kier alpha value is -0.820. The van der Waals surface area contributed by atoms with E-state index < -0.39 is 0 Å². The molecule has 2 aliphatic rings. The van der Waals surface area contributed by atoms with E-state index in [0.717, 1.165) is 12.0 Å². The van der Waals surface area contributed by atoms with E-state index in [-0.39, 0.29) is 0 Å². The number of nitrogens with one attached hydrogen (secondary N) is 1. The molecule has 0 saturated heterocycles. The molecule has 1 saturated carbocycles. The van der Waals surface area contributed by atoms with Crippen LogP contribution in [0.15, 0.2) is 24.3 Å². The van der Waals surface area contributed by atoms with Crippen LogP contribution in [-0.4, -0.2) is 6.04 Å². The molecular weight excluding hydrogens is 242 g/mol. The molecule has 0 heterocycles. The monoisotopic (exact) mass is 271 g/mol. The van der Waals surface area contributed by atoms with Gasteiger partial charge in [-0.05, 0) is 49.1 Å². The van der Waals surface area contributed by atoms with Crippen LogP contribution in [0.4, 0.5) is 0 Å². The van der Waals surface area contributed by atoms with Gasteiger partial charge in [-0.15, -0.1) is 0 Å². The SMILES string of the molecule is CCCC1CCCC(NC2CCc3ccccc32)CC1. The third-order valence-corrected chi connectivity index (χ3v) is 5.36. The molecule has 1 nitrogen and oxygen atoms in total. The molecule has 1 N–H and O–H groups in total. The van der Waals surface area contributed by atoms with Crippen molar-refractivity contribution in [2.24, 2.45) is 5.92 Å². The second-order valence-electron chi connectivity index (χ2n) is 6.82. The van der Waals surface area contributed by atoms with E-state index in [1.165, 1.54) is 57.8 Å². The van der Waals surface area contributed by atoms with Gasteiger partial charge in [-0.2, -0.15) is 0 Å². The van der Waals surface area contributed by atoms with Gasteiger partial charge in [0.1, 0.15) is 0 Å². The number of hydrogen-bond donors (Lipinski definition) is 1. The van der Waals surface area contributed by atoms with Gasteiger partial charge in [0, 0.05) is 12.1 Å². The molecule has 3 unspecified atom stereocenters. The van der Waals surface area contributed by atoms with Crippen molar-refractivity contribution in [3.05, 3.63) is 35.4 Å². The Bertz CT molecular complexity index is 426. The van der Waals surface area contributed by atoms with E-state index in [1.807, 2.05) is 0 Å². The molecule has 3 rings (SSSR count). The molecule has 0 spiro atoms. The van der Waals surface area contributed by atoms with E-state index in [9.17, 15) is 0 Å². The van der Waals surface area contributed by atoms with Crippen molar-refractivity contribution in [2.45, 2.75) is 76.8 Å². The quantitative estimate of drug-likeness (QED) is 0.759. The molecule has 0 amide bonds. The van der Waals surface area contributed by atoms with Gasteiger partial charge in [0.2, 0.25) is 0 Å². The Balaban J connectivity index is 1.56. The van der Waals surface area contributed by atoms with Gasteiger partial charge in [0.05, 0.1) is 0 Å². The Morgan fingerprint density at radius 2 is 1.95 bits per heavy atom. The van der Waals surface area contributed by atoms with E-state index >= 15 is 0 Å². The van der Waals surface area contributed by atoms with Crippen LogP contribution < -0.4 is 5.32 Å². The Morgan fingerprint density at radius 3 is 2.85 bits per heavy atom. The van der Waals surface area contributed by atoms with Gasteiger partial charge in [-0.25, -0.2) is 0 Å². The lowest BCUT2D eigenvalue weighted by Gasteiger charge is -2.22. The van der Waals surface area contributed by atoms with Gasteiger partial charge in [0.15, 0.2) is 0 Å². The highest BCUT2D eigenvalue weighted by Gasteiger charge is 2.25. The summed E-state index contributed by atoms with van der Waals surface area (Å²) in [5.74, 6) is 1.00. The second-order valence-corrected chi connectivity index (χ2v) is 6.82. The standard InChI is InChI=1S/C19H29N/c1-2-6-15-7-5-9-17(13-11-15)20-19-14-12-16-8-3-4-10-18(16)19/h3-4,8,10,15,17,19-20H,2,5-7,9,11-14H2,1H3. The molecular formula is C19H29N. The highest BCUT2D eigenvalue weighted by Crippen LogP contribution is 2.33. The molecule has 3 atom stereocenters. The molecule has 0 radical (unpaired) electrons. The summed E-state index contributed by atoms with van der Waals surface area (Å²) < 4.78 is 0. The fraction of sp³-hybridized carbons (Fsp3) is 0.684. The van der Waals surface area contributed by atoms with Crippen LogP contribution in [0.2, 0.25) is 0 Å². The fourth-order valence-electron chi connectivity index (χ4n) is 4.26. The summed E-state index contributed by atoms with van der Waals surface area (Å²) in [6.45, 7) is 2.33. The summed E-state index contributed by atoms with van der Waals surface area (Å²) in [7, 11) is 0. The van der Waals surface area contributed by atoms with Crippen molar-refractivity contribution >= 4 is 0 Å². The Morgan fingerprint density at radius 1 is 1.05 bits per heavy atom. The summed E-state index contributed by atoms with van der Waals surface area (Å²) in [6.07, 6.45) is 12.5. The average Bonchev–Trinajstić information content (AvgIpc) is 2.74. The molecule has 110 valence electrons. The molecule has 20 heavy (non-hydrogen) atoms. The Labute approximate surface area is 124 Å². The van der Waals surface area contributed by atoms with Crippen LogP contribution in [0.5, 0.6) is 0 Å². The molecule has 1 aromatic rings. The lowest BCUT2D eigenvalue weighted by molar-refractivity contribution is 0.382. The molecule has 0 aliphatic heterocycles. The number of rotatable bonds is 4. The largest absolute Gasteiger partial charge is 0.307 e. The number of benzene rings is 1. The van der Waals surface area contributed by atoms with Crippen LogP contribution >= 0.6 is 0 Å². The maximum atomic E-state index is 3.98. The first-order valence-electron chi connectivity index (χ1n) is 8.70. The van der Waals surface area contributed by atoms with Gasteiger partial charge < -0.3 is 5.32 Å². The van der Waals surface area contributed by atoms with Gasteiger partial charge >= 0.3 is 0 Å². The van der Waals surface area contributed by atoms with Crippen LogP contribution in [0.3, 0.4) is 0 Å². The summed E-state index contributed by atoms with van der Waals surface area (Å²) in [5, 5.41) is 3.98. The van der Waals surface area contributed by atoms with Gasteiger partial charge in [-0.1, -0.05) is 56.9 Å². The van der Waals surface area contributed by atoms with E-state index in [4.69, 9.17) is 0 Å². The maximum absolute atomic E-state index is 3.98. The van der Waals surface area contributed by atoms with Crippen LogP contribution in [0.25, 0.3) is 0 Å². The predicted octanol–water partition coefficient (Wildman–Crippen LogP) is 5.01. The average molecular weight is 271 g/mol. The minimum Gasteiger partial charge on any atom is -0.307 e.